The molecule has 19 heavy (non-hydrogen) atoms. The summed E-state index contributed by atoms with van der Waals surface area (Å²) in [7, 11) is 0. The molecule has 0 aliphatic carbocycles. The van der Waals surface area contributed by atoms with Gasteiger partial charge in [0.05, 0.1) is 17.7 Å². The topological polar surface area (TPSA) is 41.9 Å². The molecule has 0 aromatic rings. The van der Waals surface area contributed by atoms with Gasteiger partial charge in [-0.1, -0.05) is 13.8 Å². The molecule has 2 aliphatic heterocycles. The molecule has 0 bridgehead atoms. The predicted octanol–water partition coefficient (Wildman–Crippen LogP) is 3.33. The number of hydroxylamine groups is 2. The highest BCUT2D eigenvalue weighted by Crippen LogP contribution is 2.50. The van der Waals surface area contributed by atoms with Crippen LogP contribution in [0.25, 0.3) is 0 Å². The van der Waals surface area contributed by atoms with Crippen molar-refractivity contribution in [2.45, 2.75) is 96.3 Å². The van der Waals surface area contributed by atoms with E-state index in [1.807, 2.05) is 0 Å². The fraction of sp³-hybridized carbons (Fsp3) is 1.00. The quantitative estimate of drug-likeness (QED) is 0.836. The monoisotopic (exact) mass is 271 g/mol. The molecule has 0 aromatic carbocycles. The first-order valence-electron chi connectivity index (χ1n) is 7.55. The Labute approximate surface area is 117 Å². The number of hydrogen-bond acceptors (Lipinski definition) is 4. The van der Waals surface area contributed by atoms with Crippen LogP contribution in [0, 0.1) is 0 Å². The summed E-state index contributed by atoms with van der Waals surface area (Å²) >= 11 is 0. The fourth-order valence-corrected chi connectivity index (χ4v) is 3.88. The van der Waals surface area contributed by atoms with Gasteiger partial charge in [-0.15, -0.1) is 0 Å². The van der Waals surface area contributed by atoms with Crippen molar-refractivity contribution >= 4 is 0 Å². The molecule has 2 heterocycles. The van der Waals surface area contributed by atoms with Crippen LogP contribution in [0.5, 0.6) is 0 Å². The Bertz CT molecular complexity index is 328. The van der Waals surface area contributed by atoms with Gasteiger partial charge >= 0.3 is 0 Å². The van der Waals surface area contributed by atoms with Gasteiger partial charge in [0.2, 0.25) is 0 Å². The molecular formula is C15H29NO3. The van der Waals surface area contributed by atoms with E-state index < -0.39 is 5.79 Å². The third-order valence-electron chi connectivity index (χ3n) is 5.10. The summed E-state index contributed by atoms with van der Waals surface area (Å²) in [4.78, 5) is 0. The van der Waals surface area contributed by atoms with E-state index in [0.29, 0.717) is 6.42 Å². The first kappa shape index (κ1) is 15.2. The number of nitrogens with zero attached hydrogens (tertiary/aromatic N) is 1. The zero-order valence-corrected chi connectivity index (χ0v) is 13.2. The van der Waals surface area contributed by atoms with E-state index in [1.54, 1.807) is 5.06 Å². The van der Waals surface area contributed by atoms with Crippen LogP contribution in [0.2, 0.25) is 0 Å². The molecule has 4 nitrogen and oxygen atoms in total. The molecule has 2 aliphatic rings. The molecule has 0 saturated carbocycles. The maximum absolute atomic E-state index is 10.6. The smallest absolute Gasteiger partial charge is 0.172 e. The highest BCUT2D eigenvalue weighted by Gasteiger charge is 2.59. The molecule has 2 atom stereocenters. The van der Waals surface area contributed by atoms with Crippen LogP contribution in [-0.2, 0) is 9.47 Å². The molecule has 2 saturated heterocycles. The molecule has 2 rings (SSSR count). The second-order valence-corrected chi connectivity index (χ2v) is 6.97. The van der Waals surface area contributed by atoms with Crippen LogP contribution >= 0.6 is 0 Å². The van der Waals surface area contributed by atoms with E-state index in [-0.39, 0.29) is 23.3 Å². The Morgan fingerprint density at radius 3 is 1.95 bits per heavy atom. The molecule has 0 amide bonds. The number of rotatable bonds is 2. The van der Waals surface area contributed by atoms with Gasteiger partial charge in [0.15, 0.2) is 5.79 Å². The minimum absolute atomic E-state index is 0.118. The van der Waals surface area contributed by atoms with Crippen molar-refractivity contribution in [1.82, 2.24) is 5.06 Å². The third-order valence-corrected chi connectivity index (χ3v) is 5.10. The minimum Gasteiger partial charge on any atom is -0.344 e. The Hall–Kier alpha value is -0.160. The second kappa shape index (κ2) is 4.69. The molecule has 112 valence electrons. The van der Waals surface area contributed by atoms with Gasteiger partial charge < -0.3 is 14.7 Å². The van der Waals surface area contributed by atoms with Crippen molar-refractivity contribution in [1.29, 1.82) is 0 Å². The number of hydrogen-bond donors (Lipinski definition) is 1. The molecule has 1 spiro atoms. The van der Waals surface area contributed by atoms with Crippen molar-refractivity contribution in [3.63, 3.8) is 0 Å². The van der Waals surface area contributed by atoms with E-state index in [2.05, 4.69) is 41.5 Å². The van der Waals surface area contributed by atoms with Crippen LogP contribution in [-0.4, -0.2) is 39.3 Å². The Balaban J connectivity index is 2.35. The molecule has 2 unspecified atom stereocenters. The number of piperidine rings is 1. The summed E-state index contributed by atoms with van der Waals surface area (Å²) < 4.78 is 12.4. The van der Waals surface area contributed by atoms with Gasteiger partial charge in [0.25, 0.3) is 0 Å². The van der Waals surface area contributed by atoms with Crippen molar-refractivity contribution in [3.05, 3.63) is 0 Å². The van der Waals surface area contributed by atoms with Crippen molar-refractivity contribution in [2.75, 3.05) is 0 Å². The maximum atomic E-state index is 10.6. The molecule has 4 heteroatoms. The Morgan fingerprint density at radius 2 is 1.53 bits per heavy atom. The predicted molar refractivity (Wildman–Crippen MR) is 74.1 cm³/mol. The van der Waals surface area contributed by atoms with E-state index in [4.69, 9.17) is 9.47 Å². The van der Waals surface area contributed by atoms with Gasteiger partial charge in [0, 0.05) is 18.4 Å². The maximum Gasteiger partial charge on any atom is 0.172 e. The van der Waals surface area contributed by atoms with Crippen molar-refractivity contribution in [2.24, 2.45) is 0 Å². The van der Waals surface area contributed by atoms with E-state index >= 15 is 0 Å². The standard InChI is InChI=1S/C15H29NO3/c1-7-14(8-2)10-15(9-13(5,6)16(14)17)18-11(3)12(4)19-15/h11-12,17H,7-10H2,1-6H3. The average molecular weight is 271 g/mol. The van der Waals surface area contributed by atoms with Crippen molar-refractivity contribution in [3.8, 4) is 0 Å². The SMILES string of the molecule is CCC1(CC)CC2(CC(C)(C)N1O)OC(C)C(C)O2. The normalized spacial score (nSPS) is 41.8. The van der Waals surface area contributed by atoms with Gasteiger partial charge in [-0.05, 0) is 40.5 Å². The van der Waals surface area contributed by atoms with E-state index in [9.17, 15) is 5.21 Å². The minimum atomic E-state index is -0.534. The first-order valence-corrected chi connectivity index (χ1v) is 7.55. The highest BCUT2D eigenvalue weighted by molar-refractivity contribution is 5.05. The third kappa shape index (κ3) is 2.33. The van der Waals surface area contributed by atoms with Gasteiger partial charge in [-0.3, -0.25) is 0 Å². The molecule has 2 fully saturated rings. The summed E-state index contributed by atoms with van der Waals surface area (Å²) in [5, 5.41) is 12.2. The van der Waals surface area contributed by atoms with Crippen LogP contribution in [0.15, 0.2) is 0 Å². The van der Waals surface area contributed by atoms with E-state index in [1.165, 1.54) is 0 Å². The van der Waals surface area contributed by atoms with Crippen LogP contribution in [0.3, 0.4) is 0 Å². The Kier molecular flexibility index (Phi) is 3.76. The van der Waals surface area contributed by atoms with Crippen molar-refractivity contribution < 1.29 is 14.7 Å². The van der Waals surface area contributed by atoms with Gasteiger partial charge in [-0.25, -0.2) is 0 Å². The first-order chi connectivity index (χ1) is 8.70. The van der Waals surface area contributed by atoms with Crippen LogP contribution < -0.4 is 0 Å². The fourth-order valence-electron chi connectivity index (χ4n) is 3.88. The molecule has 0 radical (unpaired) electrons. The molecular weight excluding hydrogens is 242 g/mol. The second-order valence-electron chi connectivity index (χ2n) is 6.97. The summed E-state index contributed by atoms with van der Waals surface area (Å²) in [6, 6.07) is 0. The lowest BCUT2D eigenvalue weighted by atomic mass is 9.73. The average Bonchev–Trinajstić information content (AvgIpc) is 2.58. The summed E-state index contributed by atoms with van der Waals surface area (Å²) in [6.45, 7) is 12.5. The molecule has 0 aromatic heterocycles. The highest BCUT2D eigenvalue weighted by atomic mass is 16.8. The lowest BCUT2D eigenvalue weighted by Gasteiger charge is -2.56. The van der Waals surface area contributed by atoms with E-state index in [0.717, 1.165) is 19.3 Å². The summed E-state index contributed by atoms with van der Waals surface area (Å²) in [6.07, 6.45) is 3.45. The zero-order chi connectivity index (χ0) is 14.5. The molecule has 1 N–H and O–H groups in total. The van der Waals surface area contributed by atoms with Gasteiger partial charge in [-0.2, -0.15) is 5.06 Å². The summed E-state index contributed by atoms with van der Waals surface area (Å²) in [5.74, 6) is -0.534. The lowest BCUT2D eigenvalue weighted by Crippen LogP contribution is -2.66. The largest absolute Gasteiger partial charge is 0.344 e. The van der Waals surface area contributed by atoms with Gasteiger partial charge in [0.1, 0.15) is 0 Å². The lowest BCUT2D eigenvalue weighted by molar-refractivity contribution is -0.328. The van der Waals surface area contributed by atoms with Crippen LogP contribution in [0.1, 0.15) is 67.2 Å². The Morgan fingerprint density at radius 1 is 1.05 bits per heavy atom. The zero-order valence-electron chi connectivity index (χ0n) is 13.2. The van der Waals surface area contributed by atoms with Crippen LogP contribution in [0.4, 0.5) is 0 Å². The summed E-state index contributed by atoms with van der Waals surface area (Å²) in [5.41, 5.74) is -0.598. The number of ether oxygens (including phenoxy) is 2.